The molecule has 2 aromatic heterocycles. The Kier molecular flexibility index (Phi) is 10.6. The predicted molar refractivity (Wildman–Crippen MR) is 120 cm³/mol. The number of rotatable bonds is 4. The molecule has 0 aromatic carbocycles. The van der Waals surface area contributed by atoms with E-state index in [1.54, 1.807) is 6.20 Å². The van der Waals surface area contributed by atoms with E-state index in [2.05, 4.69) is 25.2 Å². The fraction of sp³-hybridized carbons (Fsp3) is 0.500. The number of morpholine rings is 1. The third-order valence-electron chi connectivity index (χ3n) is 5.46. The van der Waals surface area contributed by atoms with Gasteiger partial charge in [0.1, 0.15) is 0 Å². The summed E-state index contributed by atoms with van der Waals surface area (Å²) in [5.74, 6) is -4.18. The molecular weight excluding hydrogens is 528 g/mol. The van der Waals surface area contributed by atoms with Gasteiger partial charge in [0.15, 0.2) is 0 Å². The van der Waals surface area contributed by atoms with E-state index < -0.39 is 24.3 Å². The highest BCUT2D eigenvalue weighted by Crippen LogP contribution is 2.36. The van der Waals surface area contributed by atoms with E-state index in [0.717, 1.165) is 49.7 Å². The molecule has 3 heterocycles. The van der Waals surface area contributed by atoms with Crippen molar-refractivity contribution in [2.45, 2.75) is 44.3 Å². The van der Waals surface area contributed by atoms with E-state index >= 15 is 0 Å². The van der Waals surface area contributed by atoms with Crippen LogP contribution < -0.4 is 10.2 Å². The van der Waals surface area contributed by atoms with Gasteiger partial charge in [-0.05, 0) is 37.5 Å². The standard InChI is InChI=1S/C18H23N5O.2C2HF3O2/c1-13-9-21-18(22-10-13)23-7-8-24-17-14(4-5-16(17)23)11-20-15-3-2-6-19-12-15;2*3-2(4,5)1(6)7/h2-3,6,9-10,12,14,16-17,20H,4-5,7-8,11H2,1H3;2*(H,6,7). The molecule has 0 spiro atoms. The summed E-state index contributed by atoms with van der Waals surface area (Å²) in [5, 5.41) is 17.7. The number of nitrogens with zero attached hydrogens (tertiary/aromatic N) is 4. The first-order chi connectivity index (χ1) is 17.7. The number of fused-ring (bicyclic) bond motifs is 1. The zero-order valence-corrected chi connectivity index (χ0v) is 19.9. The van der Waals surface area contributed by atoms with Crippen LogP contribution >= 0.6 is 0 Å². The van der Waals surface area contributed by atoms with E-state index in [0.29, 0.717) is 12.0 Å². The summed E-state index contributed by atoms with van der Waals surface area (Å²) in [7, 11) is 0. The van der Waals surface area contributed by atoms with Crippen LogP contribution in [0.1, 0.15) is 18.4 Å². The van der Waals surface area contributed by atoms with Crippen LogP contribution in [0, 0.1) is 12.8 Å². The highest BCUT2D eigenvalue weighted by atomic mass is 19.4. The fourth-order valence-electron chi connectivity index (χ4n) is 3.78. The summed E-state index contributed by atoms with van der Waals surface area (Å²) in [4.78, 5) is 33.3. The predicted octanol–water partition coefficient (Wildman–Crippen LogP) is 3.54. The zero-order valence-electron chi connectivity index (χ0n) is 19.9. The van der Waals surface area contributed by atoms with Gasteiger partial charge < -0.3 is 25.2 Å². The number of aliphatic carboxylic acids is 2. The SMILES string of the molecule is Cc1cnc(N2CCOC3C(CNc4cccnc4)CCC32)nc1.O=C(O)C(F)(F)F.O=C(O)C(F)(F)F. The Bertz CT molecular complexity index is 1020. The van der Waals surface area contributed by atoms with Crippen LogP contribution in [0.2, 0.25) is 0 Å². The Morgan fingerprint density at radius 1 is 1.05 bits per heavy atom. The van der Waals surface area contributed by atoms with Crippen LogP contribution in [0.25, 0.3) is 0 Å². The molecule has 1 saturated carbocycles. The Morgan fingerprint density at radius 2 is 1.63 bits per heavy atom. The maximum absolute atomic E-state index is 10.6. The quantitative estimate of drug-likeness (QED) is 0.482. The highest BCUT2D eigenvalue weighted by molar-refractivity contribution is 5.73. The molecule has 4 rings (SSSR count). The van der Waals surface area contributed by atoms with Crippen molar-refractivity contribution in [2.24, 2.45) is 5.92 Å². The number of carboxylic acids is 2. The van der Waals surface area contributed by atoms with Gasteiger partial charge in [-0.3, -0.25) is 4.98 Å². The number of hydrogen-bond donors (Lipinski definition) is 3. The first kappa shape index (κ1) is 30.5. The van der Waals surface area contributed by atoms with Crippen molar-refractivity contribution in [3.8, 4) is 0 Å². The van der Waals surface area contributed by atoms with Crippen LogP contribution in [0.3, 0.4) is 0 Å². The minimum absolute atomic E-state index is 0.243. The van der Waals surface area contributed by atoms with Gasteiger partial charge in [0, 0.05) is 43.8 Å². The molecule has 0 radical (unpaired) electrons. The summed E-state index contributed by atoms with van der Waals surface area (Å²) in [6.45, 7) is 4.53. The number of carboxylic acid groups (broad SMARTS) is 2. The van der Waals surface area contributed by atoms with Crippen LogP contribution in [0.15, 0.2) is 36.9 Å². The van der Waals surface area contributed by atoms with Gasteiger partial charge in [0.05, 0.1) is 24.4 Å². The van der Waals surface area contributed by atoms with E-state index in [9.17, 15) is 26.3 Å². The van der Waals surface area contributed by atoms with Crippen molar-refractivity contribution < 1.29 is 50.9 Å². The monoisotopic (exact) mass is 553 g/mol. The van der Waals surface area contributed by atoms with Gasteiger partial charge in [0.2, 0.25) is 5.95 Å². The third kappa shape index (κ3) is 9.32. The number of anilines is 2. The summed E-state index contributed by atoms with van der Waals surface area (Å²) >= 11 is 0. The van der Waals surface area contributed by atoms with Gasteiger partial charge in [-0.1, -0.05) is 0 Å². The molecule has 2 aromatic rings. The zero-order chi connectivity index (χ0) is 28.5. The number of nitrogens with one attached hydrogen (secondary N) is 1. The van der Waals surface area contributed by atoms with Crippen LogP contribution in [-0.4, -0.2) is 81.3 Å². The van der Waals surface area contributed by atoms with Crippen molar-refractivity contribution in [3.05, 3.63) is 42.5 Å². The summed E-state index contributed by atoms with van der Waals surface area (Å²) in [5.41, 5.74) is 2.16. The normalized spacial score (nSPS) is 20.7. The first-order valence-corrected chi connectivity index (χ1v) is 11.1. The second kappa shape index (κ2) is 13.2. The molecule has 1 saturated heterocycles. The Balaban J connectivity index is 0.000000301. The number of alkyl halides is 6. The number of aryl methyl sites for hydroxylation is 1. The molecule has 1 aliphatic carbocycles. The summed E-state index contributed by atoms with van der Waals surface area (Å²) in [6.07, 6.45) is -0.201. The third-order valence-corrected chi connectivity index (χ3v) is 5.46. The van der Waals surface area contributed by atoms with E-state index in [-0.39, 0.29) is 6.10 Å². The van der Waals surface area contributed by atoms with Gasteiger partial charge in [-0.25, -0.2) is 19.6 Å². The molecule has 3 N–H and O–H groups in total. The van der Waals surface area contributed by atoms with Gasteiger partial charge in [-0.15, -0.1) is 0 Å². The smallest absolute Gasteiger partial charge is 0.475 e. The molecule has 2 fully saturated rings. The lowest BCUT2D eigenvalue weighted by molar-refractivity contribution is -0.193. The second-order valence-corrected chi connectivity index (χ2v) is 8.22. The van der Waals surface area contributed by atoms with Crippen molar-refractivity contribution in [3.63, 3.8) is 0 Å². The van der Waals surface area contributed by atoms with Crippen LogP contribution in [0.5, 0.6) is 0 Å². The number of carbonyl (C=O) groups is 2. The maximum Gasteiger partial charge on any atom is 0.490 e. The lowest BCUT2D eigenvalue weighted by Crippen LogP contribution is -2.51. The lowest BCUT2D eigenvalue weighted by Gasteiger charge is -2.39. The first-order valence-electron chi connectivity index (χ1n) is 11.1. The lowest BCUT2D eigenvalue weighted by atomic mass is 10.0. The van der Waals surface area contributed by atoms with Crippen LogP contribution in [0.4, 0.5) is 38.0 Å². The van der Waals surface area contributed by atoms with Crippen molar-refractivity contribution in [1.82, 2.24) is 15.0 Å². The van der Waals surface area contributed by atoms with Crippen LogP contribution in [-0.2, 0) is 14.3 Å². The van der Waals surface area contributed by atoms with Crippen molar-refractivity contribution in [1.29, 1.82) is 0 Å². The molecule has 3 atom stereocenters. The Hall–Kier alpha value is -3.69. The topological polar surface area (TPSA) is 138 Å². The molecule has 210 valence electrons. The van der Waals surface area contributed by atoms with E-state index in [4.69, 9.17) is 24.5 Å². The Morgan fingerprint density at radius 3 is 2.13 bits per heavy atom. The van der Waals surface area contributed by atoms with E-state index in [1.807, 2.05) is 37.6 Å². The molecule has 0 bridgehead atoms. The average Bonchev–Trinajstić information content (AvgIpc) is 3.27. The number of halogens is 6. The molecule has 16 heteroatoms. The van der Waals surface area contributed by atoms with Crippen molar-refractivity contribution >= 4 is 23.6 Å². The van der Waals surface area contributed by atoms with Gasteiger partial charge >= 0.3 is 24.3 Å². The summed E-state index contributed by atoms with van der Waals surface area (Å²) in [6, 6.07) is 4.38. The molecule has 3 unspecified atom stereocenters. The number of pyridine rings is 1. The molecule has 2 aliphatic rings. The van der Waals surface area contributed by atoms with Gasteiger partial charge in [-0.2, -0.15) is 26.3 Å². The van der Waals surface area contributed by atoms with Gasteiger partial charge in [0.25, 0.3) is 0 Å². The van der Waals surface area contributed by atoms with Crippen molar-refractivity contribution in [2.75, 3.05) is 29.9 Å². The molecule has 38 heavy (non-hydrogen) atoms. The highest BCUT2D eigenvalue weighted by Gasteiger charge is 2.43. The number of ether oxygens (including phenoxy) is 1. The second-order valence-electron chi connectivity index (χ2n) is 8.22. The summed E-state index contributed by atoms with van der Waals surface area (Å²) < 4.78 is 69.6. The minimum Gasteiger partial charge on any atom is -0.475 e. The largest absolute Gasteiger partial charge is 0.490 e. The average molecular weight is 553 g/mol. The minimum atomic E-state index is -5.08. The maximum atomic E-state index is 10.6. The molecule has 0 amide bonds. The molecule has 10 nitrogen and oxygen atoms in total. The fourth-order valence-corrected chi connectivity index (χ4v) is 3.78. The number of hydrogen-bond acceptors (Lipinski definition) is 8. The molecule has 1 aliphatic heterocycles. The Labute approximate surface area is 212 Å². The number of aromatic nitrogens is 3. The molecular formula is C22H25F6N5O5. The van der Waals surface area contributed by atoms with E-state index in [1.165, 1.54) is 0 Å².